The second-order valence-corrected chi connectivity index (χ2v) is 12.5. The van der Waals surface area contributed by atoms with Crippen LogP contribution in [0.5, 0.6) is 0 Å². The van der Waals surface area contributed by atoms with Gasteiger partial charge in [0, 0.05) is 30.5 Å². The fourth-order valence-electron chi connectivity index (χ4n) is 6.48. The van der Waals surface area contributed by atoms with Crippen molar-refractivity contribution < 1.29 is 14.3 Å². The summed E-state index contributed by atoms with van der Waals surface area (Å²) in [5, 5.41) is 5.55. The summed E-state index contributed by atoms with van der Waals surface area (Å²) in [6, 6.07) is 15.7. The number of piperidine rings is 1. The number of ether oxygens (including phenoxy) is 2. The molecule has 0 saturated carbocycles. The van der Waals surface area contributed by atoms with Crippen LogP contribution in [0.1, 0.15) is 55.4 Å². The number of aromatic nitrogens is 3. The van der Waals surface area contributed by atoms with Gasteiger partial charge in [0.1, 0.15) is 5.60 Å². The van der Waals surface area contributed by atoms with Crippen molar-refractivity contribution in [2.45, 2.75) is 65.0 Å². The second-order valence-electron chi connectivity index (χ2n) is 12.5. The van der Waals surface area contributed by atoms with Crippen LogP contribution in [0.2, 0.25) is 0 Å². The zero-order chi connectivity index (χ0) is 28.0. The molecule has 2 aliphatic heterocycles. The third-order valence-corrected chi connectivity index (χ3v) is 8.56. The van der Waals surface area contributed by atoms with Gasteiger partial charge in [0.2, 0.25) is 0 Å². The first-order valence-corrected chi connectivity index (χ1v) is 14.4. The second kappa shape index (κ2) is 10.5. The minimum absolute atomic E-state index is 0.327. The molecule has 7 heteroatoms. The Morgan fingerprint density at radius 3 is 2.50 bits per heavy atom. The minimum Gasteiger partial charge on any atom is -0.443 e. The first-order chi connectivity index (χ1) is 19.2. The average Bonchev–Trinajstić information content (AvgIpc) is 3.56. The quantitative estimate of drug-likeness (QED) is 0.298. The van der Waals surface area contributed by atoms with E-state index in [0.717, 1.165) is 61.3 Å². The van der Waals surface area contributed by atoms with Crippen LogP contribution < -0.4 is 0 Å². The minimum atomic E-state index is -0.547. The Morgan fingerprint density at radius 1 is 1.07 bits per heavy atom. The predicted octanol–water partition coefficient (Wildman–Crippen LogP) is 6.27. The highest BCUT2D eigenvalue weighted by Crippen LogP contribution is 2.39. The van der Waals surface area contributed by atoms with Crippen molar-refractivity contribution in [1.29, 1.82) is 0 Å². The molecule has 0 radical (unpaired) electrons. The number of likely N-dealkylation sites (tertiary alicyclic amines) is 1. The molecule has 0 N–H and O–H groups in total. The lowest BCUT2D eigenvalue weighted by atomic mass is 9.76. The maximum Gasteiger partial charge on any atom is 0.418 e. The maximum atomic E-state index is 13.1. The van der Waals surface area contributed by atoms with Crippen molar-refractivity contribution in [2.75, 3.05) is 26.3 Å². The molecule has 2 aromatic heterocycles. The van der Waals surface area contributed by atoms with E-state index in [1.54, 1.807) is 4.57 Å². The van der Waals surface area contributed by atoms with E-state index in [4.69, 9.17) is 9.47 Å². The summed E-state index contributed by atoms with van der Waals surface area (Å²) in [6.07, 6.45) is 7.44. The molecule has 2 aliphatic rings. The molecule has 6 rings (SSSR count). The van der Waals surface area contributed by atoms with Crippen LogP contribution >= 0.6 is 0 Å². The van der Waals surface area contributed by atoms with Crippen LogP contribution in [0.25, 0.3) is 16.6 Å². The van der Waals surface area contributed by atoms with E-state index in [1.165, 1.54) is 16.7 Å². The van der Waals surface area contributed by atoms with Crippen molar-refractivity contribution >= 4 is 17.0 Å². The normalized spacial score (nSPS) is 20.5. The zero-order valence-electron chi connectivity index (χ0n) is 24.3. The van der Waals surface area contributed by atoms with E-state index in [9.17, 15) is 4.79 Å². The Morgan fingerprint density at radius 2 is 1.85 bits per heavy atom. The largest absolute Gasteiger partial charge is 0.443 e. The van der Waals surface area contributed by atoms with E-state index >= 15 is 0 Å². The predicted molar refractivity (Wildman–Crippen MR) is 157 cm³/mol. The van der Waals surface area contributed by atoms with E-state index in [2.05, 4.69) is 60.2 Å². The molecule has 2 atom stereocenters. The van der Waals surface area contributed by atoms with Gasteiger partial charge in [-0.2, -0.15) is 5.10 Å². The molecular formula is C33H40N4O3. The van der Waals surface area contributed by atoms with Crippen LogP contribution in [-0.4, -0.2) is 63.3 Å². The Balaban J connectivity index is 1.33. The van der Waals surface area contributed by atoms with Gasteiger partial charge in [-0.05, 0) is 112 Å². The van der Waals surface area contributed by atoms with Gasteiger partial charge in [-0.3, -0.25) is 9.47 Å². The molecule has 0 amide bonds. The van der Waals surface area contributed by atoms with Crippen molar-refractivity contribution in [1.82, 2.24) is 19.2 Å². The maximum absolute atomic E-state index is 13.1. The topological polar surface area (TPSA) is 61.5 Å². The average molecular weight is 541 g/mol. The molecule has 40 heavy (non-hydrogen) atoms. The Labute approximate surface area is 236 Å². The van der Waals surface area contributed by atoms with Crippen LogP contribution in [0, 0.1) is 19.8 Å². The molecular weight excluding hydrogens is 500 g/mol. The van der Waals surface area contributed by atoms with Crippen molar-refractivity contribution in [3.63, 3.8) is 0 Å². The molecule has 0 bridgehead atoms. The van der Waals surface area contributed by atoms with E-state index in [0.29, 0.717) is 17.9 Å². The number of hydrogen-bond donors (Lipinski definition) is 0. The van der Waals surface area contributed by atoms with E-state index in [1.807, 2.05) is 50.1 Å². The van der Waals surface area contributed by atoms with E-state index < -0.39 is 5.60 Å². The highest BCUT2D eigenvalue weighted by atomic mass is 16.6. The lowest BCUT2D eigenvalue weighted by Crippen LogP contribution is -2.53. The monoisotopic (exact) mass is 540 g/mol. The summed E-state index contributed by atoms with van der Waals surface area (Å²) in [5.41, 5.74) is 6.58. The van der Waals surface area contributed by atoms with Gasteiger partial charge in [-0.1, -0.05) is 18.2 Å². The summed E-state index contributed by atoms with van der Waals surface area (Å²) in [7, 11) is 0. The Kier molecular flexibility index (Phi) is 7.05. The van der Waals surface area contributed by atoms with Gasteiger partial charge in [0.15, 0.2) is 0 Å². The summed E-state index contributed by atoms with van der Waals surface area (Å²) in [6.45, 7) is 13.8. The van der Waals surface area contributed by atoms with Crippen LogP contribution in [0.4, 0.5) is 4.79 Å². The first kappa shape index (κ1) is 26.8. The fraction of sp³-hybridized carbons (Fsp3) is 0.455. The molecule has 2 saturated heterocycles. The highest BCUT2D eigenvalue weighted by molar-refractivity contribution is 5.94. The van der Waals surface area contributed by atoms with Gasteiger partial charge in [-0.15, -0.1) is 0 Å². The number of rotatable bonds is 5. The molecule has 2 aromatic carbocycles. The summed E-state index contributed by atoms with van der Waals surface area (Å²) in [4.78, 5) is 15.7. The smallest absolute Gasteiger partial charge is 0.418 e. The number of carbonyl (C=O) groups excluding carboxylic acids is 1. The number of carbonyl (C=O) groups is 1. The van der Waals surface area contributed by atoms with Gasteiger partial charge in [-0.25, -0.2) is 9.48 Å². The lowest BCUT2D eigenvalue weighted by molar-refractivity contribution is -0.0769. The molecule has 4 heterocycles. The summed E-state index contributed by atoms with van der Waals surface area (Å²) < 4.78 is 14.9. The van der Waals surface area contributed by atoms with Crippen LogP contribution in [0.3, 0.4) is 0 Å². The zero-order valence-corrected chi connectivity index (χ0v) is 24.3. The number of fused-ring (bicyclic) bond motifs is 1. The Bertz CT molecular complexity index is 1490. The summed E-state index contributed by atoms with van der Waals surface area (Å²) >= 11 is 0. The van der Waals surface area contributed by atoms with Gasteiger partial charge in [0.05, 0.1) is 30.5 Å². The molecule has 2 fully saturated rings. The fourth-order valence-corrected chi connectivity index (χ4v) is 6.48. The van der Waals surface area contributed by atoms with Gasteiger partial charge in [0.25, 0.3) is 0 Å². The first-order valence-electron chi connectivity index (χ1n) is 14.4. The van der Waals surface area contributed by atoms with Gasteiger partial charge < -0.3 is 9.47 Å². The standard InChI is InChI=1S/C33H40N4O3/c1-22-17-23(2)31-28(12-16-36(31)32(38)40-33(3,4)5)29(22)18-25-11-15-35(27-20-39-21-27)19-30(25)24-7-9-26(10-8-24)37-14-6-13-34-37/h6-10,12-14,16-17,25,27,30H,11,15,18-21H2,1-5H3/t25-,30-/m0/s1. The molecule has 210 valence electrons. The molecule has 0 unspecified atom stereocenters. The van der Waals surface area contributed by atoms with Crippen LogP contribution in [0.15, 0.2) is 61.1 Å². The van der Waals surface area contributed by atoms with Crippen molar-refractivity contribution in [3.8, 4) is 5.69 Å². The molecule has 0 spiro atoms. The van der Waals surface area contributed by atoms with Crippen LogP contribution in [-0.2, 0) is 15.9 Å². The third-order valence-electron chi connectivity index (χ3n) is 8.56. The lowest BCUT2D eigenvalue weighted by Gasteiger charge is -2.45. The van der Waals surface area contributed by atoms with E-state index in [-0.39, 0.29) is 6.09 Å². The van der Waals surface area contributed by atoms with Crippen molar-refractivity contribution in [3.05, 3.63) is 83.3 Å². The number of nitrogens with zero attached hydrogens (tertiary/aromatic N) is 4. The molecule has 0 aliphatic carbocycles. The SMILES string of the molecule is Cc1cc(C)c2c(ccn2C(=O)OC(C)(C)C)c1C[C@@H]1CCN(C2COC2)C[C@H]1c1ccc(-n2cccn2)cc1. The number of hydrogen-bond acceptors (Lipinski definition) is 5. The number of benzene rings is 2. The van der Waals surface area contributed by atoms with Gasteiger partial charge >= 0.3 is 6.09 Å². The third kappa shape index (κ3) is 5.20. The summed E-state index contributed by atoms with van der Waals surface area (Å²) in [5.74, 6) is 0.895. The molecule has 7 nitrogen and oxygen atoms in total. The number of aryl methyl sites for hydroxylation is 2. The molecule has 4 aromatic rings. The Hall–Kier alpha value is -3.42. The highest BCUT2D eigenvalue weighted by Gasteiger charge is 2.36. The van der Waals surface area contributed by atoms with Crippen molar-refractivity contribution in [2.24, 2.45) is 5.92 Å².